The van der Waals surface area contributed by atoms with Crippen molar-refractivity contribution >= 4 is 17.2 Å². The quantitative estimate of drug-likeness (QED) is 0.748. The molecule has 2 aromatic heterocycles. The van der Waals surface area contributed by atoms with Crippen molar-refractivity contribution in [1.82, 2.24) is 25.1 Å². The minimum atomic E-state index is -0.255. The van der Waals surface area contributed by atoms with E-state index >= 15 is 0 Å². The van der Waals surface area contributed by atoms with Crippen molar-refractivity contribution in [2.75, 3.05) is 13.1 Å². The van der Waals surface area contributed by atoms with Crippen molar-refractivity contribution < 1.29 is 9.18 Å². The molecule has 0 bridgehead atoms. The molecule has 8 heteroatoms. The molecule has 1 fully saturated rings. The van der Waals surface area contributed by atoms with Crippen LogP contribution in [0.3, 0.4) is 0 Å². The number of carbonyl (C=O) groups is 1. The second kappa shape index (κ2) is 7.56. The summed E-state index contributed by atoms with van der Waals surface area (Å²) in [6, 6.07) is 6.36. The summed E-state index contributed by atoms with van der Waals surface area (Å²) in [6.45, 7) is 3.24. The van der Waals surface area contributed by atoms with E-state index < -0.39 is 0 Å². The largest absolute Gasteiger partial charge is 0.337 e. The smallest absolute Gasteiger partial charge is 0.265 e. The van der Waals surface area contributed by atoms with Gasteiger partial charge in [0.2, 0.25) is 0 Å². The second-order valence-electron chi connectivity index (χ2n) is 6.79. The summed E-state index contributed by atoms with van der Waals surface area (Å²) in [4.78, 5) is 24.2. The second-order valence-corrected chi connectivity index (χ2v) is 7.91. The lowest BCUT2D eigenvalue weighted by molar-refractivity contribution is 0.0709. The molecule has 0 saturated carbocycles. The van der Waals surface area contributed by atoms with Gasteiger partial charge in [0.05, 0.1) is 11.2 Å². The van der Waals surface area contributed by atoms with Crippen LogP contribution in [0.15, 0.2) is 30.5 Å². The molecule has 1 saturated heterocycles. The fourth-order valence-corrected chi connectivity index (χ4v) is 4.26. The van der Waals surface area contributed by atoms with Crippen LogP contribution in [0.5, 0.6) is 0 Å². The number of aromatic nitrogens is 4. The van der Waals surface area contributed by atoms with Gasteiger partial charge in [-0.15, -0.1) is 11.3 Å². The molecule has 0 aliphatic carbocycles. The third kappa shape index (κ3) is 4.05. The Morgan fingerprint density at radius 2 is 2.19 bits per heavy atom. The van der Waals surface area contributed by atoms with E-state index in [9.17, 15) is 9.18 Å². The molecule has 27 heavy (non-hydrogen) atoms. The van der Waals surface area contributed by atoms with Crippen LogP contribution in [0, 0.1) is 12.7 Å². The average Bonchev–Trinajstić information content (AvgIpc) is 3.32. The number of piperidine rings is 1. The highest BCUT2D eigenvalue weighted by Crippen LogP contribution is 2.27. The lowest BCUT2D eigenvalue weighted by Crippen LogP contribution is -2.39. The molecule has 140 valence electrons. The zero-order valence-electron chi connectivity index (χ0n) is 15.0. The number of aryl methyl sites for hydroxylation is 1. The molecule has 0 radical (unpaired) electrons. The summed E-state index contributed by atoms with van der Waals surface area (Å²) in [6.07, 6.45) is 4.16. The van der Waals surface area contributed by atoms with Crippen molar-refractivity contribution in [2.45, 2.75) is 32.1 Å². The van der Waals surface area contributed by atoms with Crippen LogP contribution in [-0.4, -0.2) is 44.1 Å². The molecular formula is C19H20FN5OS. The van der Waals surface area contributed by atoms with E-state index in [1.54, 1.807) is 18.3 Å². The van der Waals surface area contributed by atoms with E-state index in [0.717, 1.165) is 41.6 Å². The fraction of sp³-hybridized carbons (Fsp3) is 0.368. The molecule has 4 rings (SSSR count). The Balaban J connectivity index is 1.43. The van der Waals surface area contributed by atoms with Gasteiger partial charge in [-0.1, -0.05) is 12.1 Å². The predicted molar refractivity (Wildman–Crippen MR) is 100 cm³/mol. The van der Waals surface area contributed by atoms with Gasteiger partial charge in [-0.2, -0.15) is 5.10 Å². The lowest BCUT2D eigenvalue weighted by Gasteiger charge is -2.31. The number of hydrogen-bond donors (Lipinski definition) is 1. The summed E-state index contributed by atoms with van der Waals surface area (Å²) in [7, 11) is 0. The van der Waals surface area contributed by atoms with E-state index in [1.807, 2.05) is 11.8 Å². The van der Waals surface area contributed by atoms with Crippen LogP contribution in [0.25, 0.3) is 0 Å². The number of halogens is 1. The minimum Gasteiger partial charge on any atom is -0.337 e. The number of rotatable bonds is 4. The fourth-order valence-electron chi connectivity index (χ4n) is 3.34. The standard InChI is InChI=1S/C19H20FN5OS/c1-12-22-18(24-23-12)14-3-2-8-25(11-14)19(26)16-10-21-17(27-16)9-13-4-6-15(20)7-5-13/h4-7,10,14H,2-3,8-9,11H2,1H3,(H,22,23,24). The first-order valence-electron chi connectivity index (χ1n) is 8.96. The summed E-state index contributed by atoms with van der Waals surface area (Å²) in [5, 5.41) is 7.98. The molecule has 1 aliphatic rings. The van der Waals surface area contributed by atoms with Gasteiger partial charge in [-0.25, -0.2) is 14.4 Å². The molecule has 1 unspecified atom stereocenters. The van der Waals surface area contributed by atoms with E-state index in [2.05, 4.69) is 20.2 Å². The Morgan fingerprint density at radius 3 is 2.93 bits per heavy atom. The number of aromatic amines is 1. The van der Waals surface area contributed by atoms with Gasteiger partial charge in [0.25, 0.3) is 5.91 Å². The van der Waals surface area contributed by atoms with Gasteiger partial charge in [0.1, 0.15) is 16.5 Å². The first-order chi connectivity index (χ1) is 13.1. The van der Waals surface area contributed by atoms with E-state index in [-0.39, 0.29) is 17.6 Å². The highest BCUT2D eigenvalue weighted by Gasteiger charge is 2.28. The number of hydrogen-bond acceptors (Lipinski definition) is 5. The van der Waals surface area contributed by atoms with Crippen molar-refractivity contribution in [1.29, 1.82) is 0 Å². The van der Waals surface area contributed by atoms with Crippen molar-refractivity contribution in [2.24, 2.45) is 0 Å². The van der Waals surface area contributed by atoms with Crippen LogP contribution >= 0.6 is 11.3 Å². The Morgan fingerprint density at radius 1 is 1.37 bits per heavy atom. The van der Waals surface area contributed by atoms with Crippen LogP contribution < -0.4 is 0 Å². The monoisotopic (exact) mass is 385 g/mol. The third-order valence-electron chi connectivity index (χ3n) is 4.72. The zero-order valence-corrected chi connectivity index (χ0v) is 15.8. The number of nitrogens with zero attached hydrogens (tertiary/aromatic N) is 4. The number of likely N-dealkylation sites (tertiary alicyclic amines) is 1. The topological polar surface area (TPSA) is 74.8 Å². The highest BCUT2D eigenvalue weighted by atomic mass is 32.1. The van der Waals surface area contributed by atoms with Crippen molar-refractivity contribution in [3.63, 3.8) is 0 Å². The molecule has 1 atom stereocenters. The predicted octanol–water partition coefficient (Wildman–Crippen LogP) is 3.32. The Hall–Kier alpha value is -2.61. The lowest BCUT2D eigenvalue weighted by atomic mass is 9.97. The van der Waals surface area contributed by atoms with Crippen LogP contribution in [0.1, 0.15) is 50.7 Å². The molecule has 1 amide bonds. The SMILES string of the molecule is Cc1nc(C2CCCN(C(=O)c3cnc(Cc4ccc(F)cc4)s3)C2)n[nH]1. The minimum absolute atomic E-state index is 0.00909. The first-order valence-corrected chi connectivity index (χ1v) is 9.77. The third-order valence-corrected chi connectivity index (χ3v) is 5.71. The van der Waals surface area contributed by atoms with E-state index in [4.69, 9.17) is 0 Å². The van der Waals surface area contributed by atoms with Gasteiger partial charge in [0.15, 0.2) is 5.82 Å². The van der Waals surface area contributed by atoms with Crippen LogP contribution in [-0.2, 0) is 6.42 Å². The van der Waals surface area contributed by atoms with Crippen LogP contribution in [0.2, 0.25) is 0 Å². The van der Waals surface area contributed by atoms with Gasteiger partial charge < -0.3 is 4.90 Å². The van der Waals surface area contributed by atoms with Gasteiger partial charge in [0, 0.05) is 25.4 Å². The van der Waals surface area contributed by atoms with Gasteiger partial charge in [-0.05, 0) is 37.5 Å². The summed E-state index contributed by atoms with van der Waals surface area (Å²) >= 11 is 1.40. The molecular weight excluding hydrogens is 365 g/mol. The highest BCUT2D eigenvalue weighted by molar-refractivity contribution is 7.13. The van der Waals surface area contributed by atoms with E-state index in [0.29, 0.717) is 17.8 Å². The molecule has 1 aliphatic heterocycles. The van der Waals surface area contributed by atoms with Crippen molar-refractivity contribution in [3.8, 4) is 0 Å². The molecule has 1 N–H and O–H groups in total. The maximum absolute atomic E-state index is 13.0. The number of H-pyrrole nitrogens is 1. The van der Waals surface area contributed by atoms with Gasteiger partial charge >= 0.3 is 0 Å². The van der Waals surface area contributed by atoms with Crippen LogP contribution in [0.4, 0.5) is 4.39 Å². The number of carbonyl (C=O) groups excluding carboxylic acids is 1. The molecule has 3 aromatic rings. The average molecular weight is 385 g/mol. The number of benzene rings is 1. The summed E-state index contributed by atoms with van der Waals surface area (Å²) < 4.78 is 13.0. The number of thiazole rings is 1. The first kappa shape index (κ1) is 17.8. The number of nitrogens with one attached hydrogen (secondary N) is 1. The number of amides is 1. The maximum atomic E-state index is 13.0. The molecule has 6 nitrogen and oxygen atoms in total. The zero-order chi connectivity index (χ0) is 18.8. The Bertz CT molecular complexity index is 936. The Labute approximate surface area is 160 Å². The normalized spacial score (nSPS) is 17.3. The van der Waals surface area contributed by atoms with Gasteiger partial charge in [-0.3, -0.25) is 9.89 Å². The van der Waals surface area contributed by atoms with Crippen molar-refractivity contribution in [3.05, 3.63) is 63.4 Å². The molecule has 1 aromatic carbocycles. The molecule has 3 heterocycles. The summed E-state index contributed by atoms with van der Waals surface area (Å²) in [5.74, 6) is 1.50. The molecule has 0 spiro atoms. The summed E-state index contributed by atoms with van der Waals surface area (Å²) in [5.41, 5.74) is 0.975. The van der Waals surface area contributed by atoms with E-state index in [1.165, 1.54) is 23.5 Å². The Kier molecular flexibility index (Phi) is 4.98. The maximum Gasteiger partial charge on any atom is 0.265 e.